The predicted molar refractivity (Wildman–Crippen MR) is 195 cm³/mol. The van der Waals surface area contributed by atoms with Crippen LogP contribution in [0.3, 0.4) is 0 Å². The number of benzene rings is 2. The minimum absolute atomic E-state index is 0.0306. The van der Waals surface area contributed by atoms with E-state index in [1.165, 1.54) is 18.1 Å². The topological polar surface area (TPSA) is 160 Å². The minimum Gasteiger partial charge on any atom is -0.446 e. The Labute approximate surface area is 306 Å². The molecule has 3 N–H and O–H groups in total. The third-order valence-corrected chi connectivity index (χ3v) is 12.8. The first kappa shape index (κ1) is 37.5. The number of hydrogen-bond donors (Lipinski definition) is 3. The van der Waals surface area contributed by atoms with E-state index in [-0.39, 0.29) is 25.5 Å². The molecule has 4 amide bonds. The van der Waals surface area contributed by atoms with E-state index in [1.54, 1.807) is 0 Å². The molecule has 3 aliphatic carbocycles. The molecule has 0 aromatic heterocycles. The van der Waals surface area contributed by atoms with Gasteiger partial charge in [-0.1, -0.05) is 81.4 Å². The molecule has 0 radical (unpaired) electrons. The molecule has 4 aliphatic rings. The molecule has 3 saturated carbocycles. The molecule has 1 aliphatic heterocycles. The summed E-state index contributed by atoms with van der Waals surface area (Å²) in [4.78, 5) is 57.3. The SMILES string of the molecule is C=C[C@@H]1C[C@]1(NC(=O)[C@@H]1C[C@@](OC)(c2ccc(-c3ccccc3)cc2)CN1C(=O)[C@@H](NC(=O)OC1CCCC1)C(C)(C)C)C(=O)NS(=O)(=O)C1CC1. The van der Waals surface area contributed by atoms with E-state index in [1.807, 2.05) is 75.4 Å². The minimum atomic E-state index is -3.89. The Morgan fingerprint density at radius 1 is 0.942 bits per heavy atom. The molecule has 2 aromatic carbocycles. The molecule has 6 rings (SSSR count). The number of carbonyl (C=O) groups is 4. The van der Waals surface area contributed by atoms with Crippen LogP contribution in [0.5, 0.6) is 0 Å². The number of hydrogen-bond acceptors (Lipinski definition) is 8. The predicted octanol–water partition coefficient (Wildman–Crippen LogP) is 4.55. The van der Waals surface area contributed by atoms with Crippen LogP contribution in [0.25, 0.3) is 11.1 Å². The fraction of sp³-hybridized carbons (Fsp3) is 0.538. The van der Waals surface area contributed by atoms with E-state index in [9.17, 15) is 27.6 Å². The molecule has 4 fully saturated rings. The van der Waals surface area contributed by atoms with E-state index in [2.05, 4.69) is 21.9 Å². The van der Waals surface area contributed by atoms with Crippen LogP contribution in [0.4, 0.5) is 4.79 Å². The summed E-state index contributed by atoms with van der Waals surface area (Å²) in [7, 11) is -2.37. The number of rotatable bonds is 12. The van der Waals surface area contributed by atoms with Gasteiger partial charge in [-0.15, -0.1) is 6.58 Å². The van der Waals surface area contributed by atoms with Crippen molar-refractivity contribution in [3.63, 3.8) is 0 Å². The second-order valence-electron chi connectivity index (χ2n) is 15.8. The lowest BCUT2D eigenvalue weighted by atomic mass is 9.85. The zero-order valence-corrected chi connectivity index (χ0v) is 31.2. The summed E-state index contributed by atoms with van der Waals surface area (Å²) < 4.78 is 39.5. The molecule has 5 atom stereocenters. The van der Waals surface area contributed by atoms with Gasteiger partial charge in [0.25, 0.3) is 5.91 Å². The van der Waals surface area contributed by atoms with Gasteiger partial charge >= 0.3 is 6.09 Å². The van der Waals surface area contributed by atoms with Crippen molar-refractivity contribution in [3.8, 4) is 11.1 Å². The van der Waals surface area contributed by atoms with Gasteiger partial charge in [-0.05, 0) is 67.1 Å². The van der Waals surface area contributed by atoms with Crippen LogP contribution in [0.2, 0.25) is 0 Å². The number of nitrogens with one attached hydrogen (secondary N) is 3. The Hall–Kier alpha value is -4.23. The van der Waals surface area contributed by atoms with E-state index < -0.39 is 73.6 Å². The molecule has 0 bridgehead atoms. The normalized spacial score (nSPS) is 26.7. The molecule has 1 saturated heterocycles. The maximum absolute atomic E-state index is 14.7. The van der Waals surface area contributed by atoms with Crippen molar-refractivity contribution >= 4 is 33.8 Å². The van der Waals surface area contributed by atoms with Gasteiger partial charge < -0.3 is 25.0 Å². The van der Waals surface area contributed by atoms with Crippen molar-refractivity contribution in [1.82, 2.24) is 20.3 Å². The number of ether oxygens (including phenoxy) is 2. The monoisotopic (exact) mass is 734 g/mol. The van der Waals surface area contributed by atoms with Crippen LogP contribution in [0.15, 0.2) is 67.3 Å². The summed E-state index contributed by atoms with van der Waals surface area (Å²) in [5.74, 6) is -2.49. The third kappa shape index (κ3) is 7.61. The van der Waals surface area contributed by atoms with E-state index in [0.717, 1.165) is 42.4 Å². The quantitative estimate of drug-likeness (QED) is 0.268. The summed E-state index contributed by atoms with van der Waals surface area (Å²) in [5.41, 5.74) is -0.721. The fourth-order valence-electron chi connectivity index (χ4n) is 7.55. The van der Waals surface area contributed by atoms with Crippen LogP contribution in [0, 0.1) is 11.3 Å². The Balaban J connectivity index is 1.31. The first-order valence-electron chi connectivity index (χ1n) is 18.1. The maximum atomic E-state index is 14.7. The van der Waals surface area contributed by atoms with Crippen LogP contribution >= 0.6 is 0 Å². The number of carbonyl (C=O) groups excluding carboxylic acids is 4. The first-order valence-corrected chi connectivity index (χ1v) is 19.7. The van der Waals surface area contributed by atoms with Crippen LogP contribution in [-0.4, -0.2) is 79.8 Å². The van der Waals surface area contributed by atoms with E-state index in [0.29, 0.717) is 12.8 Å². The van der Waals surface area contributed by atoms with E-state index >= 15 is 0 Å². The highest BCUT2D eigenvalue weighted by Gasteiger charge is 2.62. The van der Waals surface area contributed by atoms with Gasteiger partial charge in [0.2, 0.25) is 21.8 Å². The van der Waals surface area contributed by atoms with Gasteiger partial charge in [0.1, 0.15) is 29.3 Å². The Morgan fingerprint density at radius 2 is 1.58 bits per heavy atom. The van der Waals surface area contributed by atoms with Gasteiger partial charge in [0, 0.05) is 19.4 Å². The second-order valence-corrected chi connectivity index (χ2v) is 17.7. The molecular formula is C39H50N4O8S. The van der Waals surface area contributed by atoms with Gasteiger partial charge in [-0.2, -0.15) is 0 Å². The second kappa shape index (κ2) is 14.3. The highest BCUT2D eigenvalue weighted by molar-refractivity contribution is 7.91. The van der Waals surface area contributed by atoms with Crippen molar-refractivity contribution in [2.75, 3.05) is 13.7 Å². The van der Waals surface area contributed by atoms with Crippen molar-refractivity contribution in [2.24, 2.45) is 11.3 Å². The van der Waals surface area contributed by atoms with Crippen molar-refractivity contribution in [3.05, 3.63) is 72.8 Å². The number of nitrogens with zero attached hydrogens (tertiary/aromatic N) is 1. The van der Waals surface area contributed by atoms with Crippen LogP contribution in [-0.2, 0) is 39.5 Å². The fourth-order valence-corrected chi connectivity index (χ4v) is 8.92. The summed E-state index contributed by atoms with van der Waals surface area (Å²) in [6.45, 7) is 9.22. The molecule has 13 heteroatoms. The molecule has 2 aromatic rings. The maximum Gasteiger partial charge on any atom is 0.408 e. The summed E-state index contributed by atoms with van der Waals surface area (Å²) in [5, 5.41) is 5.00. The average Bonchev–Trinajstić information content (AvgIpc) is 4.00. The van der Waals surface area contributed by atoms with Crippen molar-refractivity contribution in [1.29, 1.82) is 0 Å². The molecule has 12 nitrogen and oxygen atoms in total. The largest absolute Gasteiger partial charge is 0.446 e. The Morgan fingerprint density at radius 3 is 2.13 bits per heavy atom. The Bertz CT molecular complexity index is 1800. The molecule has 52 heavy (non-hydrogen) atoms. The molecule has 1 heterocycles. The lowest BCUT2D eigenvalue weighted by molar-refractivity contribution is -0.143. The Kier molecular flexibility index (Phi) is 10.3. The third-order valence-electron chi connectivity index (χ3n) is 11.0. The van der Waals surface area contributed by atoms with Gasteiger partial charge in [-0.3, -0.25) is 19.1 Å². The average molecular weight is 735 g/mol. The molecular weight excluding hydrogens is 685 g/mol. The zero-order chi connectivity index (χ0) is 37.5. The summed E-state index contributed by atoms with van der Waals surface area (Å²) in [6, 6.07) is 15.4. The van der Waals surface area contributed by atoms with E-state index in [4.69, 9.17) is 9.47 Å². The lowest BCUT2D eigenvalue weighted by Crippen LogP contribution is -2.60. The number of alkyl carbamates (subject to hydrolysis) is 1. The highest BCUT2D eigenvalue weighted by Crippen LogP contribution is 2.47. The number of amides is 4. The molecule has 280 valence electrons. The van der Waals surface area contributed by atoms with Crippen molar-refractivity contribution < 1.29 is 37.1 Å². The molecule has 0 unspecified atom stereocenters. The number of sulfonamides is 1. The summed E-state index contributed by atoms with van der Waals surface area (Å²) >= 11 is 0. The highest BCUT2D eigenvalue weighted by atomic mass is 32.2. The van der Waals surface area contributed by atoms with Crippen molar-refractivity contribution in [2.45, 2.75) is 107 Å². The van der Waals surface area contributed by atoms with Crippen LogP contribution in [0.1, 0.15) is 77.7 Å². The van der Waals surface area contributed by atoms with Crippen LogP contribution < -0.4 is 15.4 Å². The zero-order valence-electron chi connectivity index (χ0n) is 30.4. The standard InChI is InChI=1S/C39H50N4O8S/c1-6-27-22-39(27,35(46)42-52(48,49)30-20-21-30)41-33(44)31-23-38(50-5,28-18-16-26(17-19-28)25-12-8-7-9-13-25)24-43(31)34(45)32(37(2,3)4)40-36(47)51-29-14-10-11-15-29/h6-9,12-13,16-19,27,29-32H,1,10-11,14-15,20-24H2,2-5H3,(H,40,47)(H,41,44)(H,42,46)/t27-,31+,32-,38+,39-/m1/s1. The summed E-state index contributed by atoms with van der Waals surface area (Å²) in [6.07, 6.45) is 5.18. The van der Waals surface area contributed by atoms with Gasteiger partial charge in [0.15, 0.2) is 0 Å². The van der Waals surface area contributed by atoms with Gasteiger partial charge in [0.05, 0.1) is 11.8 Å². The van der Waals surface area contributed by atoms with Gasteiger partial charge in [-0.25, -0.2) is 13.2 Å². The molecule has 0 spiro atoms. The smallest absolute Gasteiger partial charge is 0.408 e. The number of likely N-dealkylation sites (tertiary alicyclic amines) is 1. The first-order chi connectivity index (χ1) is 24.6. The lowest BCUT2D eigenvalue weighted by Gasteiger charge is -2.36. The number of methoxy groups -OCH3 is 1.